The number of piperidine rings is 1. The second-order valence-electron chi connectivity index (χ2n) is 7.77. The molecule has 0 spiro atoms. The average Bonchev–Trinajstić information content (AvgIpc) is 2.55. The minimum atomic E-state index is -0.617. The highest BCUT2D eigenvalue weighted by atomic mass is 16.4. The molecule has 1 aliphatic heterocycles. The number of hydrogen-bond acceptors (Lipinski definition) is 3. The topological polar surface area (TPSA) is 52.6 Å². The Hall–Kier alpha value is -1.39. The van der Waals surface area contributed by atoms with Gasteiger partial charge in [0, 0.05) is 31.7 Å². The normalized spacial score (nSPS) is 31.7. The van der Waals surface area contributed by atoms with Gasteiger partial charge in [0.25, 0.3) is 0 Å². The van der Waals surface area contributed by atoms with Crippen molar-refractivity contribution in [2.24, 2.45) is 11.8 Å². The van der Waals surface area contributed by atoms with E-state index in [0.29, 0.717) is 18.0 Å². The van der Waals surface area contributed by atoms with Gasteiger partial charge in [0.05, 0.1) is 5.92 Å². The molecule has 1 aromatic rings. The number of carboxylic acid groups (broad SMARTS) is 1. The molecule has 1 heterocycles. The Morgan fingerprint density at radius 2 is 1.83 bits per heavy atom. The maximum Gasteiger partial charge on any atom is 0.306 e. The van der Waals surface area contributed by atoms with Crippen LogP contribution in [0.2, 0.25) is 0 Å². The van der Waals surface area contributed by atoms with Gasteiger partial charge in [-0.15, -0.1) is 0 Å². The molecule has 1 saturated heterocycles. The largest absolute Gasteiger partial charge is 0.481 e. The second-order valence-corrected chi connectivity index (χ2v) is 7.77. The first-order chi connectivity index (χ1) is 11.6. The number of nitrogens with zero attached hydrogens (tertiary/aromatic N) is 1. The van der Waals surface area contributed by atoms with E-state index in [1.165, 1.54) is 18.5 Å². The van der Waals surface area contributed by atoms with Gasteiger partial charge >= 0.3 is 5.97 Å². The van der Waals surface area contributed by atoms with Crippen LogP contribution in [0.25, 0.3) is 0 Å². The standard InChI is InChI=1S/C20H30N2O2/c1-15-11-19(21-18-9-7-17(8-10-18)20(23)24)14-22(12-15)13-16-5-3-2-4-6-16/h2-6,15,17-19,21H,7-14H2,1H3,(H,23,24). The first kappa shape index (κ1) is 17.4. The average molecular weight is 330 g/mol. The van der Waals surface area contributed by atoms with Crippen molar-refractivity contribution in [1.29, 1.82) is 0 Å². The summed E-state index contributed by atoms with van der Waals surface area (Å²) in [5.41, 5.74) is 1.38. The fourth-order valence-corrected chi connectivity index (χ4v) is 4.39. The molecule has 1 aliphatic carbocycles. The Labute approximate surface area is 145 Å². The first-order valence-corrected chi connectivity index (χ1v) is 9.35. The maximum atomic E-state index is 11.1. The van der Waals surface area contributed by atoms with Gasteiger partial charge in [0.2, 0.25) is 0 Å². The lowest BCUT2D eigenvalue weighted by molar-refractivity contribution is -0.142. The minimum Gasteiger partial charge on any atom is -0.481 e. The van der Waals surface area contributed by atoms with Gasteiger partial charge in [-0.05, 0) is 43.6 Å². The monoisotopic (exact) mass is 330 g/mol. The lowest BCUT2D eigenvalue weighted by atomic mass is 9.85. The zero-order chi connectivity index (χ0) is 16.9. The van der Waals surface area contributed by atoms with Gasteiger partial charge in [-0.1, -0.05) is 37.3 Å². The molecule has 0 aromatic heterocycles. The second kappa shape index (κ2) is 8.13. The molecule has 2 atom stereocenters. The van der Waals surface area contributed by atoms with Gasteiger partial charge in [0.1, 0.15) is 0 Å². The van der Waals surface area contributed by atoms with Crippen LogP contribution in [0.15, 0.2) is 30.3 Å². The van der Waals surface area contributed by atoms with Crippen LogP contribution in [0.1, 0.15) is 44.6 Å². The van der Waals surface area contributed by atoms with Crippen LogP contribution < -0.4 is 5.32 Å². The molecule has 4 nitrogen and oxygen atoms in total. The number of carboxylic acids is 1. The van der Waals surface area contributed by atoms with Crippen molar-refractivity contribution in [1.82, 2.24) is 10.2 Å². The van der Waals surface area contributed by atoms with E-state index in [2.05, 4.69) is 47.5 Å². The van der Waals surface area contributed by atoms with Gasteiger partial charge in [-0.25, -0.2) is 0 Å². The molecule has 2 unspecified atom stereocenters. The zero-order valence-electron chi connectivity index (χ0n) is 14.7. The summed E-state index contributed by atoms with van der Waals surface area (Å²) in [5.74, 6) is -0.0352. The van der Waals surface area contributed by atoms with E-state index < -0.39 is 5.97 Å². The fraction of sp³-hybridized carbons (Fsp3) is 0.650. The molecule has 0 amide bonds. The summed E-state index contributed by atoms with van der Waals surface area (Å²) in [7, 11) is 0. The van der Waals surface area contributed by atoms with Crippen LogP contribution in [-0.4, -0.2) is 41.1 Å². The van der Waals surface area contributed by atoms with Gasteiger partial charge in [0.15, 0.2) is 0 Å². The maximum absolute atomic E-state index is 11.1. The first-order valence-electron chi connectivity index (χ1n) is 9.35. The van der Waals surface area contributed by atoms with Gasteiger partial charge in [-0.2, -0.15) is 0 Å². The molecule has 1 aromatic carbocycles. The van der Waals surface area contributed by atoms with Crippen LogP contribution in [0.5, 0.6) is 0 Å². The van der Waals surface area contributed by atoms with E-state index in [0.717, 1.165) is 38.8 Å². The summed E-state index contributed by atoms with van der Waals surface area (Å²) >= 11 is 0. The molecular formula is C20H30N2O2. The summed E-state index contributed by atoms with van der Waals surface area (Å²) in [6, 6.07) is 11.7. The third kappa shape index (κ3) is 4.81. The molecule has 2 N–H and O–H groups in total. The zero-order valence-corrected chi connectivity index (χ0v) is 14.7. The lowest BCUT2D eigenvalue weighted by Crippen LogP contribution is -2.51. The van der Waals surface area contributed by atoms with Crippen LogP contribution in [-0.2, 0) is 11.3 Å². The summed E-state index contributed by atoms with van der Waals surface area (Å²) in [6.07, 6.45) is 4.87. The third-order valence-electron chi connectivity index (χ3n) is 5.53. The van der Waals surface area contributed by atoms with E-state index in [9.17, 15) is 4.79 Å². The number of likely N-dealkylation sites (tertiary alicyclic amines) is 1. The highest BCUT2D eigenvalue weighted by Gasteiger charge is 2.30. The molecule has 0 bridgehead atoms. The Morgan fingerprint density at radius 3 is 2.50 bits per heavy atom. The Balaban J connectivity index is 1.50. The quantitative estimate of drug-likeness (QED) is 0.871. The van der Waals surface area contributed by atoms with Crippen molar-refractivity contribution in [3.8, 4) is 0 Å². The Kier molecular flexibility index (Phi) is 5.90. The van der Waals surface area contributed by atoms with E-state index in [4.69, 9.17) is 5.11 Å². The molecular weight excluding hydrogens is 300 g/mol. The lowest BCUT2D eigenvalue weighted by Gasteiger charge is -2.39. The van der Waals surface area contributed by atoms with Crippen LogP contribution >= 0.6 is 0 Å². The van der Waals surface area contributed by atoms with Gasteiger partial charge < -0.3 is 10.4 Å². The number of hydrogen-bond donors (Lipinski definition) is 2. The number of benzene rings is 1. The SMILES string of the molecule is CC1CC(NC2CCC(C(=O)O)CC2)CN(Cc2ccccc2)C1. The predicted octanol–water partition coefficient (Wildman–Crippen LogP) is 3.13. The molecule has 4 heteroatoms. The van der Waals surface area contributed by atoms with E-state index in [1.54, 1.807) is 0 Å². The van der Waals surface area contributed by atoms with Crippen molar-refractivity contribution in [3.63, 3.8) is 0 Å². The van der Waals surface area contributed by atoms with Crippen molar-refractivity contribution in [2.45, 2.75) is 57.7 Å². The molecule has 132 valence electrons. The molecule has 2 fully saturated rings. The van der Waals surface area contributed by atoms with Gasteiger partial charge in [-0.3, -0.25) is 9.69 Å². The molecule has 0 radical (unpaired) electrons. The molecule has 3 rings (SSSR count). The summed E-state index contributed by atoms with van der Waals surface area (Å²) in [5, 5.41) is 13.0. The minimum absolute atomic E-state index is 0.122. The molecule has 2 aliphatic rings. The smallest absolute Gasteiger partial charge is 0.306 e. The number of nitrogens with one attached hydrogen (secondary N) is 1. The summed E-state index contributed by atoms with van der Waals surface area (Å²) in [4.78, 5) is 13.6. The predicted molar refractivity (Wildman–Crippen MR) is 95.8 cm³/mol. The van der Waals surface area contributed by atoms with Crippen LogP contribution in [0, 0.1) is 11.8 Å². The van der Waals surface area contributed by atoms with E-state index >= 15 is 0 Å². The summed E-state index contributed by atoms with van der Waals surface area (Å²) in [6.45, 7) is 5.62. The van der Waals surface area contributed by atoms with Crippen LogP contribution in [0.3, 0.4) is 0 Å². The number of aliphatic carboxylic acids is 1. The Morgan fingerprint density at radius 1 is 1.12 bits per heavy atom. The van der Waals surface area contributed by atoms with Crippen molar-refractivity contribution in [2.75, 3.05) is 13.1 Å². The number of rotatable bonds is 5. The van der Waals surface area contributed by atoms with Crippen molar-refractivity contribution in [3.05, 3.63) is 35.9 Å². The highest BCUT2D eigenvalue weighted by Crippen LogP contribution is 2.26. The van der Waals surface area contributed by atoms with E-state index in [-0.39, 0.29) is 5.92 Å². The summed E-state index contributed by atoms with van der Waals surface area (Å²) < 4.78 is 0. The molecule has 24 heavy (non-hydrogen) atoms. The fourth-order valence-electron chi connectivity index (χ4n) is 4.39. The number of carbonyl (C=O) groups is 1. The highest BCUT2D eigenvalue weighted by molar-refractivity contribution is 5.70. The van der Waals surface area contributed by atoms with Crippen molar-refractivity contribution >= 4 is 5.97 Å². The van der Waals surface area contributed by atoms with Crippen molar-refractivity contribution < 1.29 is 9.90 Å². The Bertz CT molecular complexity index is 526. The molecule has 1 saturated carbocycles. The van der Waals surface area contributed by atoms with Crippen LogP contribution in [0.4, 0.5) is 0 Å². The third-order valence-corrected chi connectivity index (χ3v) is 5.53. The van der Waals surface area contributed by atoms with E-state index in [1.807, 2.05) is 0 Å².